The number of hydrogen-bond donors (Lipinski definition) is 1. The molecule has 3 unspecified atom stereocenters. The molecule has 0 heterocycles. The third-order valence-corrected chi connectivity index (χ3v) is 5.83. The number of carbonyl (C=O) groups is 1. The van der Waals surface area contributed by atoms with Crippen LogP contribution in [-0.2, 0) is 4.79 Å². The van der Waals surface area contributed by atoms with Gasteiger partial charge in [0.1, 0.15) is 0 Å². The van der Waals surface area contributed by atoms with Crippen LogP contribution in [-0.4, -0.2) is 5.91 Å². The highest BCUT2D eigenvalue weighted by Gasteiger charge is 2.77. The maximum atomic E-state index is 11.3. The van der Waals surface area contributed by atoms with E-state index in [0.29, 0.717) is 11.3 Å². The van der Waals surface area contributed by atoms with E-state index in [-0.39, 0.29) is 17.2 Å². The molecule has 2 nitrogen and oxygen atoms in total. The highest BCUT2D eigenvalue weighted by molar-refractivity contribution is 5.82. The molecular formula is C12H19NO. The van der Waals surface area contributed by atoms with Gasteiger partial charge in [0.05, 0.1) is 0 Å². The first-order chi connectivity index (χ1) is 6.40. The van der Waals surface area contributed by atoms with Gasteiger partial charge in [-0.15, -0.1) is 0 Å². The largest absolute Gasteiger partial charge is 0.369 e. The molecule has 4 saturated carbocycles. The molecule has 4 fully saturated rings. The predicted octanol–water partition coefficient (Wildman–Crippen LogP) is 1.79. The molecule has 78 valence electrons. The number of hydrogen-bond acceptors (Lipinski definition) is 1. The van der Waals surface area contributed by atoms with E-state index in [1.54, 1.807) is 0 Å². The van der Waals surface area contributed by atoms with Gasteiger partial charge in [0.15, 0.2) is 0 Å². The molecule has 2 bridgehead atoms. The molecule has 0 spiro atoms. The van der Waals surface area contributed by atoms with Gasteiger partial charge in [0.2, 0.25) is 5.91 Å². The summed E-state index contributed by atoms with van der Waals surface area (Å²) in [4.78, 5) is 11.3. The molecule has 5 atom stereocenters. The maximum Gasteiger partial charge on any atom is 0.221 e. The van der Waals surface area contributed by atoms with Crippen LogP contribution in [0.4, 0.5) is 0 Å². The van der Waals surface area contributed by atoms with Crippen molar-refractivity contribution in [1.29, 1.82) is 0 Å². The quantitative estimate of drug-likeness (QED) is 0.678. The van der Waals surface area contributed by atoms with Crippen molar-refractivity contribution in [2.24, 2.45) is 40.2 Å². The van der Waals surface area contributed by atoms with Gasteiger partial charge in [-0.2, -0.15) is 0 Å². The van der Waals surface area contributed by atoms with E-state index in [2.05, 4.69) is 20.8 Å². The van der Waals surface area contributed by atoms with Crippen molar-refractivity contribution in [1.82, 2.24) is 0 Å². The van der Waals surface area contributed by atoms with Gasteiger partial charge in [-0.3, -0.25) is 4.79 Å². The summed E-state index contributed by atoms with van der Waals surface area (Å²) in [5.41, 5.74) is 6.21. The molecule has 0 aromatic rings. The van der Waals surface area contributed by atoms with Crippen LogP contribution in [0.2, 0.25) is 0 Å². The minimum absolute atomic E-state index is 0.0548. The smallest absolute Gasteiger partial charge is 0.221 e. The standard InChI is InChI=1S/C12H19NO/c1-11(2)6-4-7-9(10(13)14)12(7,3)8(11)5-6/h6-9H,4-5H2,1-3H3,(H2,13,14)/t6-,7?,8+,9?,12?/m1/s1. The van der Waals surface area contributed by atoms with Crippen LogP contribution >= 0.6 is 0 Å². The van der Waals surface area contributed by atoms with Gasteiger partial charge < -0.3 is 5.73 Å². The molecule has 4 aliphatic carbocycles. The Hall–Kier alpha value is -0.530. The fourth-order valence-corrected chi connectivity index (χ4v) is 4.77. The molecule has 0 saturated heterocycles. The minimum Gasteiger partial charge on any atom is -0.369 e. The number of nitrogens with two attached hydrogens (primary N) is 1. The normalized spacial score (nSPS) is 57.1. The van der Waals surface area contributed by atoms with Gasteiger partial charge in [0, 0.05) is 5.92 Å². The zero-order valence-electron chi connectivity index (χ0n) is 9.21. The van der Waals surface area contributed by atoms with Gasteiger partial charge >= 0.3 is 0 Å². The Morgan fingerprint density at radius 3 is 2.36 bits per heavy atom. The lowest BCUT2D eigenvalue weighted by molar-refractivity contribution is -0.123. The van der Waals surface area contributed by atoms with Crippen molar-refractivity contribution < 1.29 is 4.79 Å². The topological polar surface area (TPSA) is 43.1 Å². The van der Waals surface area contributed by atoms with E-state index in [4.69, 9.17) is 5.73 Å². The van der Waals surface area contributed by atoms with E-state index in [1.165, 1.54) is 12.8 Å². The Labute approximate surface area is 85.2 Å². The molecule has 1 amide bonds. The Balaban J connectivity index is 1.94. The van der Waals surface area contributed by atoms with Gasteiger partial charge in [-0.1, -0.05) is 20.8 Å². The summed E-state index contributed by atoms with van der Waals surface area (Å²) in [5, 5.41) is 0. The molecule has 0 aliphatic heterocycles. The summed E-state index contributed by atoms with van der Waals surface area (Å²) >= 11 is 0. The molecule has 0 aromatic carbocycles. The lowest BCUT2D eigenvalue weighted by atomic mass is 9.45. The summed E-state index contributed by atoms with van der Waals surface area (Å²) in [6.45, 7) is 7.02. The van der Waals surface area contributed by atoms with Crippen LogP contribution in [0.1, 0.15) is 33.6 Å². The van der Waals surface area contributed by atoms with E-state index < -0.39 is 0 Å². The Morgan fingerprint density at radius 2 is 1.93 bits per heavy atom. The first-order valence-electron chi connectivity index (χ1n) is 5.69. The second-order valence-corrected chi connectivity index (χ2v) is 6.39. The van der Waals surface area contributed by atoms with Gasteiger partial charge in [-0.05, 0) is 41.4 Å². The number of amides is 1. The lowest BCUT2D eigenvalue weighted by Crippen LogP contribution is -2.52. The van der Waals surface area contributed by atoms with Gasteiger partial charge in [0.25, 0.3) is 0 Å². The van der Waals surface area contributed by atoms with Crippen molar-refractivity contribution in [3.63, 3.8) is 0 Å². The number of primary amides is 1. The molecule has 4 rings (SSSR count). The first kappa shape index (κ1) is 8.75. The first-order valence-corrected chi connectivity index (χ1v) is 5.69. The van der Waals surface area contributed by atoms with Crippen molar-refractivity contribution >= 4 is 5.91 Å². The average Bonchev–Trinajstić information content (AvgIpc) is 2.69. The van der Waals surface area contributed by atoms with Crippen molar-refractivity contribution in [3.8, 4) is 0 Å². The Bertz CT molecular complexity index is 322. The summed E-state index contributed by atoms with van der Waals surface area (Å²) in [6.07, 6.45) is 2.58. The highest BCUT2D eigenvalue weighted by atomic mass is 16.1. The third kappa shape index (κ3) is 0.665. The summed E-state index contributed by atoms with van der Waals surface area (Å²) in [5.74, 6) is 2.36. The van der Waals surface area contributed by atoms with E-state index >= 15 is 0 Å². The predicted molar refractivity (Wildman–Crippen MR) is 54.3 cm³/mol. The number of rotatable bonds is 1. The lowest BCUT2D eigenvalue weighted by Gasteiger charge is -2.59. The molecule has 14 heavy (non-hydrogen) atoms. The SMILES string of the molecule is CC12C(C[C@@H]3C[C@H]1C3(C)C)C2C(N)=O. The zero-order chi connectivity index (χ0) is 10.3. The van der Waals surface area contributed by atoms with E-state index in [0.717, 1.165) is 11.8 Å². The molecular weight excluding hydrogens is 174 g/mol. The van der Waals surface area contributed by atoms with Crippen LogP contribution in [0.5, 0.6) is 0 Å². The molecule has 2 N–H and O–H groups in total. The van der Waals surface area contributed by atoms with Crippen molar-refractivity contribution in [2.45, 2.75) is 33.6 Å². The number of carbonyl (C=O) groups excluding carboxylic acids is 1. The maximum absolute atomic E-state index is 11.3. The van der Waals surface area contributed by atoms with Crippen LogP contribution in [0.25, 0.3) is 0 Å². The monoisotopic (exact) mass is 193 g/mol. The molecule has 4 aliphatic rings. The van der Waals surface area contributed by atoms with E-state index in [1.807, 2.05) is 0 Å². The summed E-state index contributed by atoms with van der Waals surface area (Å²) < 4.78 is 0. The fourth-order valence-electron chi connectivity index (χ4n) is 4.77. The van der Waals surface area contributed by atoms with Crippen LogP contribution in [0, 0.1) is 34.5 Å². The second kappa shape index (κ2) is 2.02. The summed E-state index contributed by atoms with van der Waals surface area (Å²) in [6, 6.07) is 0. The minimum atomic E-state index is -0.0548. The molecule has 2 heteroatoms. The highest BCUT2D eigenvalue weighted by Crippen LogP contribution is 2.80. The van der Waals surface area contributed by atoms with Crippen LogP contribution < -0.4 is 5.73 Å². The van der Waals surface area contributed by atoms with E-state index in [9.17, 15) is 4.79 Å². The Kier molecular flexibility index (Phi) is 1.27. The third-order valence-electron chi connectivity index (χ3n) is 5.83. The zero-order valence-corrected chi connectivity index (χ0v) is 9.21. The van der Waals surface area contributed by atoms with Gasteiger partial charge in [-0.25, -0.2) is 0 Å². The van der Waals surface area contributed by atoms with Crippen LogP contribution in [0.3, 0.4) is 0 Å². The van der Waals surface area contributed by atoms with Crippen molar-refractivity contribution in [2.75, 3.05) is 0 Å². The fraction of sp³-hybridized carbons (Fsp3) is 0.917. The average molecular weight is 193 g/mol. The van der Waals surface area contributed by atoms with Crippen LogP contribution in [0.15, 0.2) is 0 Å². The Morgan fingerprint density at radius 1 is 1.29 bits per heavy atom. The van der Waals surface area contributed by atoms with Crippen molar-refractivity contribution in [3.05, 3.63) is 0 Å². The molecule has 0 radical (unpaired) electrons. The summed E-state index contributed by atoms with van der Waals surface area (Å²) in [7, 11) is 0. The molecule has 0 aromatic heterocycles. The second-order valence-electron chi connectivity index (χ2n) is 6.39.